The smallest absolute Gasteiger partial charge is 0.338 e. The molecule has 5 rings (SSSR count). The van der Waals surface area contributed by atoms with Crippen LogP contribution in [0.25, 0.3) is 0 Å². The van der Waals surface area contributed by atoms with E-state index in [1.54, 1.807) is 32.4 Å². The van der Waals surface area contributed by atoms with Crippen molar-refractivity contribution >= 4 is 60.8 Å². The minimum absolute atomic E-state index is 0.0208. The Bertz CT molecular complexity index is 2310. The van der Waals surface area contributed by atoms with Gasteiger partial charge in [0, 0.05) is 28.5 Å². The molecule has 306 valence electrons. The van der Waals surface area contributed by atoms with Gasteiger partial charge in [-0.1, -0.05) is 66.5 Å². The molecule has 1 saturated carbocycles. The fourth-order valence-corrected chi connectivity index (χ4v) is 8.21. The van der Waals surface area contributed by atoms with Crippen molar-refractivity contribution in [2.45, 2.75) is 89.6 Å². The highest BCUT2D eigenvalue weighted by molar-refractivity contribution is 9.09. The zero-order valence-electron chi connectivity index (χ0n) is 32.4. The van der Waals surface area contributed by atoms with Crippen LogP contribution in [0.15, 0.2) is 54.9 Å². The largest absolute Gasteiger partial charge is 0.492 e. The normalized spacial score (nSPS) is 13.9. The summed E-state index contributed by atoms with van der Waals surface area (Å²) in [5.41, 5.74) is -0.490. The molecular formula is C41H43BrClF4N3O6S. The average molecular weight is 897 g/mol. The van der Waals surface area contributed by atoms with Crippen molar-refractivity contribution in [1.82, 2.24) is 4.98 Å². The van der Waals surface area contributed by atoms with Crippen LogP contribution in [-0.4, -0.2) is 43.2 Å². The second-order valence-corrected chi connectivity index (χ2v) is 18.8. The lowest BCUT2D eigenvalue weighted by Gasteiger charge is -2.28. The van der Waals surface area contributed by atoms with Gasteiger partial charge in [-0.2, -0.15) is 0 Å². The fourth-order valence-electron chi connectivity index (χ4n) is 6.01. The van der Waals surface area contributed by atoms with Gasteiger partial charge in [0.2, 0.25) is 15.9 Å². The summed E-state index contributed by atoms with van der Waals surface area (Å²) in [6.45, 7) is 12.8. The number of amides is 1. The molecule has 9 nitrogen and oxygen atoms in total. The third-order valence-corrected chi connectivity index (χ3v) is 11.4. The number of sulfonamides is 1. The average Bonchev–Trinajstić information content (AvgIpc) is 3.97. The van der Waals surface area contributed by atoms with Crippen LogP contribution in [0.1, 0.15) is 110 Å². The van der Waals surface area contributed by atoms with E-state index >= 15 is 8.78 Å². The number of anilines is 2. The summed E-state index contributed by atoms with van der Waals surface area (Å²) in [7, 11) is -5.03. The van der Waals surface area contributed by atoms with Crippen molar-refractivity contribution in [1.29, 1.82) is 0 Å². The predicted molar refractivity (Wildman–Crippen MR) is 215 cm³/mol. The van der Waals surface area contributed by atoms with E-state index in [0.717, 1.165) is 35.1 Å². The van der Waals surface area contributed by atoms with Crippen molar-refractivity contribution in [3.05, 3.63) is 117 Å². The fraction of sp³-hybridized carbons (Fsp3) is 0.390. The third kappa shape index (κ3) is 10.5. The van der Waals surface area contributed by atoms with E-state index in [1.807, 2.05) is 32.9 Å². The van der Waals surface area contributed by atoms with Gasteiger partial charge < -0.3 is 14.4 Å². The Morgan fingerprint density at radius 2 is 1.65 bits per heavy atom. The minimum atomic E-state index is -5.03. The molecule has 1 atom stereocenters. The number of carbonyl (C=O) groups excluding carboxylic acids is 2. The van der Waals surface area contributed by atoms with Crippen LogP contribution in [0.4, 0.5) is 28.9 Å². The maximum atomic E-state index is 15.5. The number of rotatable bonds is 13. The van der Waals surface area contributed by atoms with Gasteiger partial charge in [0.15, 0.2) is 23.3 Å². The van der Waals surface area contributed by atoms with Gasteiger partial charge in [0.05, 0.1) is 34.9 Å². The molecule has 3 aromatic carbocycles. The molecule has 16 heteroatoms. The van der Waals surface area contributed by atoms with E-state index in [0.29, 0.717) is 11.5 Å². The zero-order valence-corrected chi connectivity index (χ0v) is 35.6. The number of aromatic nitrogens is 1. The van der Waals surface area contributed by atoms with Crippen molar-refractivity contribution in [3.8, 4) is 5.75 Å². The van der Waals surface area contributed by atoms with E-state index in [-0.39, 0.29) is 46.2 Å². The number of hydrogen-bond acceptors (Lipinski definition) is 7. The van der Waals surface area contributed by atoms with E-state index < -0.39 is 72.6 Å². The molecule has 1 aliphatic rings. The maximum absolute atomic E-state index is 15.5. The summed E-state index contributed by atoms with van der Waals surface area (Å²) in [5, 5.41) is -0.0285. The Morgan fingerprint density at radius 3 is 2.25 bits per heavy atom. The lowest BCUT2D eigenvalue weighted by molar-refractivity contribution is -0.116. The SMILES string of the molecule is CCOc1cc(C(=O)OC(C)(C)C)ccc1N(Cc1cc(C2CC2)cc(C(C)(C)C)c1)C(=O)CS(=O)(=O)Nc1c(F)c(F)c(F)c(F)c1C(Br)c1cnccc1Cl. The van der Waals surface area contributed by atoms with Gasteiger partial charge in [-0.15, -0.1) is 0 Å². The summed E-state index contributed by atoms with van der Waals surface area (Å²) in [4.78, 5) is 30.9. The number of benzene rings is 3. The van der Waals surface area contributed by atoms with Gasteiger partial charge in [0.25, 0.3) is 0 Å². The van der Waals surface area contributed by atoms with E-state index in [1.165, 1.54) is 30.5 Å². The molecule has 0 spiro atoms. The number of nitrogens with one attached hydrogen (secondary N) is 1. The lowest BCUT2D eigenvalue weighted by atomic mass is 9.84. The Balaban J connectivity index is 1.60. The number of esters is 1. The van der Waals surface area contributed by atoms with Crippen LogP contribution in [0.2, 0.25) is 5.02 Å². The standard InChI is InChI=1S/C41H43BrClF4N3O6S/c1-8-55-30-18-24(39(52)56-41(5,6)7)11-12-29(30)50(20-22-15-25(23-9-10-23)17-26(16-22)40(2,3)4)31(51)21-57(53,54)49-38-32(34(44)35(45)36(46)37(38)47)33(42)27-19-48-14-13-28(27)43/h11-19,23,33,49H,8-10,20-21H2,1-7H3. The van der Waals surface area contributed by atoms with Crippen molar-refractivity contribution < 1.29 is 45.0 Å². The van der Waals surface area contributed by atoms with E-state index in [9.17, 15) is 26.8 Å². The summed E-state index contributed by atoms with van der Waals surface area (Å²) >= 11 is 9.33. The van der Waals surface area contributed by atoms with Crippen molar-refractivity contribution in [2.24, 2.45) is 0 Å². The van der Waals surface area contributed by atoms with Crippen LogP contribution in [-0.2, 0) is 31.5 Å². The molecule has 57 heavy (non-hydrogen) atoms. The number of alkyl halides is 1. The molecule has 1 aromatic heterocycles. The molecule has 0 aliphatic heterocycles. The highest BCUT2D eigenvalue weighted by Crippen LogP contribution is 2.44. The number of carbonyl (C=O) groups is 2. The number of pyridine rings is 1. The summed E-state index contributed by atoms with van der Waals surface area (Å²) in [6, 6.07) is 11.5. The molecular weight excluding hydrogens is 854 g/mol. The number of nitrogens with zero attached hydrogens (tertiary/aromatic N) is 2. The summed E-state index contributed by atoms with van der Waals surface area (Å²) < 4.78 is 101. The molecule has 1 heterocycles. The molecule has 0 radical (unpaired) electrons. The Hall–Kier alpha value is -4.21. The first-order chi connectivity index (χ1) is 26.5. The molecule has 0 saturated heterocycles. The molecule has 1 fully saturated rings. The van der Waals surface area contributed by atoms with E-state index in [2.05, 4.69) is 27.0 Å². The van der Waals surface area contributed by atoms with Crippen LogP contribution in [0.5, 0.6) is 5.75 Å². The zero-order chi connectivity index (χ0) is 42.2. The predicted octanol–water partition coefficient (Wildman–Crippen LogP) is 10.3. The summed E-state index contributed by atoms with van der Waals surface area (Å²) in [5.74, 6) is -11.1. The second-order valence-electron chi connectivity index (χ2n) is 15.8. The van der Waals surface area contributed by atoms with Gasteiger partial charge in [-0.3, -0.25) is 14.5 Å². The second kappa shape index (κ2) is 16.9. The molecule has 4 aromatic rings. The lowest BCUT2D eigenvalue weighted by Crippen LogP contribution is -2.38. The Morgan fingerprint density at radius 1 is 0.982 bits per heavy atom. The van der Waals surface area contributed by atoms with Gasteiger partial charge >= 0.3 is 5.97 Å². The molecule has 1 amide bonds. The number of ether oxygens (including phenoxy) is 2. The quantitative estimate of drug-likeness (QED) is 0.0467. The first-order valence-corrected chi connectivity index (χ1v) is 21.0. The van der Waals surface area contributed by atoms with Crippen molar-refractivity contribution in [2.75, 3.05) is 22.0 Å². The van der Waals surface area contributed by atoms with Gasteiger partial charge in [-0.25, -0.2) is 30.8 Å². The van der Waals surface area contributed by atoms with Crippen molar-refractivity contribution in [3.63, 3.8) is 0 Å². The van der Waals surface area contributed by atoms with Crippen LogP contribution in [0.3, 0.4) is 0 Å². The van der Waals surface area contributed by atoms with Gasteiger partial charge in [-0.05, 0) is 92.8 Å². The third-order valence-electron chi connectivity index (χ3n) is 8.95. The van der Waals surface area contributed by atoms with Gasteiger partial charge in [0.1, 0.15) is 17.1 Å². The molecule has 1 aliphatic carbocycles. The maximum Gasteiger partial charge on any atom is 0.338 e. The topological polar surface area (TPSA) is 115 Å². The van der Waals surface area contributed by atoms with Crippen LogP contribution < -0.4 is 14.4 Å². The monoisotopic (exact) mass is 895 g/mol. The summed E-state index contributed by atoms with van der Waals surface area (Å²) in [6.07, 6.45) is 4.42. The Kier molecular flexibility index (Phi) is 13.1. The van der Waals surface area contributed by atoms with Crippen LogP contribution in [0, 0.1) is 23.3 Å². The molecule has 1 unspecified atom stereocenters. The highest BCUT2D eigenvalue weighted by atomic mass is 79.9. The Labute approximate surface area is 343 Å². The van der Waals surface area contributed by atoms with Crippen LogP contribution >= 0.6 is 27.5 Å². The molecule has 0 bridgehead atoms. The van der Waals surface area contributed by atoms with E-state index in [4.69, 9.17) is 21.1 Å². The number of hydrogen-bond donors (Lipinski definition) is 1. The molecule has 1 N–H and O–H groups in total. The minimum Gasteiger partial charge on any atom is -0.492 e. The number of halogens is 6. The first kappa shape index (κ1) is 43.9. The highest BCUT2D eigenvalue weighted by Gasteiger charge is 2.35. The first-order valence-electron chi connectivity index (χ1n) is 18.1.